The number of rotatable bonds is 5. The quantitative estimate of drug-likeness (QED) is 0.824. The van der Waals surface area contributed by atoms with Gasteiger partial charge in [0.1, 0.15) is 23.3 Å². The lowest BCUT2D eigenvalue weighted by atomic mass is 10.0. The highest BCUT2D eigenvalue weighted by molar-refractivity contribution is 5.85. The summed E-state index contributed by atoms with van der Waals surface area (Å²) in [6.45, 7) is 0. The molecule has 1 atom stereocenters. The SMILES string of the molecule is COC(=O)[C@H](N)c1c(OC)cc(OC)cc1OC.Cl. The number of esters is 1. The first-order valence-electron chi connectivity index (χ1n) is 5.22. The van der Waals surface area contributed by atoms with Crippen LogP contribution in [0.15, 0.2) is 12.1 Å². The molecule has 1 rings (SSSR count). The van der Waals surface area contributed by atoms with Crippen LogP contribution in [-0.2, 0) is 9.53 Å². The molecule has 0 saturated carbocycles. The summed E-state index contributed by atoms with van der Waals surface area (Å²) in [5, 5.41) is 0. The number of carbonyl (C=O) groups is 1. The minimum atomic E-state index is -0.981. The van der Waals surface area contributed by atoms with Gasteiger partial charge >= 0.3 is 5.97 Å². The standard InChI is InChI=1S/C12H17NO5.ClH/c1-15-7-5-8(16-2)10(9(6-7)17-3)11(13)12(14)18-4;/h5-6,11H,13H2,1-4H3;1H/t11-;/m1./s1. The third kappa shape index (κ3) is 3.65. The van der Waals surface area contributed by atoms with E-state index >= 15 is 0 Å². The number of hydrogen-bond acceptors (Lipinski definition) is 6. The Kier molecular flexibility index (Phi) is 7.03. The summed E-state index contributed by atoms with van der Waals surface area (Å²) >= 11 is 0. The second-order valence-electron chi connectivity index (χ2n) is 3.45. The molecule has 0 aliphatic rings. The summed E-state index contributed by atoms with van der Waals surface area (Å²) in [5.74, 6) is 0.787. The van der Waals surface area contributed by atoms with Gasteiger partial charge in [0.05, 0.1) is 34.0 Å². The van der Waals surface area contributed by atoms with Crippen LogP contribution in [0.3, 0.4) is 0 Å². The molecule has 1 aromatic carbocycles. The molecule has 6 nitrogen and oxygen atoms in total. The Morgan fingerprint density at radius 1 is 1.05 bits per heavy atom. The van der Waals surface area contributed by atoms with Gasteiger partial charge in [0.15, 0.2) is 0 Å². The van der Waals surface area contributed by atoms with Gasteiger partial charge in [0.25, 0.3) is 0 Å². The molecule has 7 heteroatoms. The van der Waals surface area contributed by atoms with Crippen LogP contribution in [0.4, 0.5) is 0 Å². The van der Waals surface area contributed by atoms with E-state index in [1.54, 1.807) is 12.1 Å². The van der Waals surface area contributed by atoms with Gasteiger partial charge in [-0.3, -0.25) is 0 Å². The van der Waals surface area contributed by atoms with Gasteiger partial charge < -0.3 is 24.7 Å². The molecule has 0 radical (unpaired) electrons. The van der Waals surface area contributed by atoms with Crippen molar-refractivity contribution in [3.05, 3.63) is 17.7 Å². The van der Waals surface area contributed by atoms with Crippen molar-refractivity contribution in [3.8, 4) is 17.2 Å². The molecule has 0 aromatic heterocycles. The van der Waals surface area contributed by atoms with Crippen LogP contribution in [-0.4, -0.2) is 34.4 Å². The van der Waals surface area contributed by atoms with Crippen LogP contribution in [0.2, 0.25) is 0 Å². The summed E-state index contributed by atoms with van der Waals surface area (Å²) in [6, 6.07) is 2.27. The molecule has 0 fully saturated rings. The highest BCUT2D eigenvalue weighted by Gasteiger charge is 2.25. The van der Waals surface area contributed by atoms with Gasteiger partial charge in [0, 0.05) is 12.1 Å². The van der Waals surface area contributed by atoms with Crippen molar-refractivity contribution in [2.45, 2.75) is 6.04 Å². The number of ether oxygens (including phenoxy) is 4. The summed E-state index contributed by atoms with van der Waals surface area (Å²) < 4.78 is 20.1. The van der Waals surface area contributed by atoms with E-state index in [4.69, 9.17) is 19.9 Å². The summed E-state index contributed by atoms with van der Waals surface area (Å²) in [4.78, 5) is 11.5. The number of nitrogens with two attached hydrogens (primary N) is 1. The zero-order chi connectivity index (χ0) is 13.7. The second-order valence-corrected chi connectivity index (χ2v) is 3.45. The fraction of sp³-hybridized carbons (Fsp3) is 0.417. The Morgan fingerprint density at radius 3 is 1.84 bits per heavy atom. The Balaban J connectivity index is 0.00000324. The summed E-state index contributed by atoms with van der Waals surface area (Å²) in [7, 11) is 5.74. The molecule has 2 N–H and O–H groups in total. The smallest absolute Gasteiger partial charge is 0.327 e. The Hall–Kier alpha value is -1.66. The Morgan fingerprint density at radius 2 is 1.53 bits per heavy atom. The van der Waals surface area contributed by atoms with E-state index in [9.17, 15) is 4.79 Å². The normalized spacial score (nSPS) is 11.0. The van der Waals surface area contributed by atoms with Crippen molar-refractivity contribution in [1.82, 2.24) is 0 Å². The van der Waals surface area contributed by atoms with E-state index in [-0.39, 0.29) is 12.4 Å². The monoisotopic (exact) mass is 291 g/mol. The molecular formula is C12H18ClNO5. The van der Waals surface area contributed by atoms with E-state index in [0.717, 1.165) is 0 Å². The molecule has 108 valence electrons. The van der Waals surface area contributed by atoms with Crippen molar-refractivity contribution in [2.75, 3.05) is 28.4 Å². The summed E-state index contributed by atoms with van der Waals surface area (Å²) in [6.07, 6.45) is 0. The summed E-state index contributed by atoms with van der Waals surface area (Å²) in [5.41, 5.74) is 6.24. The molecule has 0 bridgehead atoms. The first-order chi connectivity index (χ1) is 8.58. The fourth-order valence-electron chi connectivity index (χ4n) is 1.58. The average molecular weight is 292 g/mol. The zero-order valence-corrected chi connectivity index (χ0v) is 12.1. The minimum Gasteiger partial charge on any atom is -0.496 e. The van der Waals surface area contributed by atoms with E-state index in [0.29, 0.717) is 22.8 Å². The van der Waals surface area contributed by atoms with Crippen LogP contribution in [0.25, 0.3) is 0 Å². The maximum atomic E-state index is 11.5. The third-order valence-electron chi connectivity index (χ3n) is 2.52. The van der Waals surface area contributed by atoms with Crippen LogP contribution >= 0.6 is 12.4 Å². The van der Waals surface area contributed by atoms with Crippen LogP contribution in [0.5, 0.6) is 17.2 Å². The maximum absolute atomic E-state index is 11.5. The molecule has 0 aliphatic heterocycles. The third-order valence-corrected chi connectivity index (χ3v) is 2.52. The molecule has 0 amide bonds. The number of benzene rings is 1. The van der Waals surface area contributed by atoms with Gasteiger partial charge in [-0.2, -0.15) is 0 Å². The van der Waals surface area contributed by atoms with Crippen molar-refractivity contribution >= 4 is 18.4 Å². The molecular weight excluding hydrogens is 274 g/mol. The molecule has 1 aromatic rings. The number of halogens is 1. The predicted octanol–water partition coefficient (Wildman–Crippen LogP) is 1.31. The number of methoxy groups -OCH3 is 4. The number of carbonyl (C=O) groups excluding carboxylic acids is 1. The second kappa shape index (κ2) is 7.70. The van der Waals surface area contributed by atoms with E-state index in [1.807, 2.05) is 0 Å². The molecule has 0 saturated heterocycles. The lowest BCUT2D eigenvalue weighted by Gasteiger charge is -2.18. The van der Waals surface area contributed by atoms with Crippen molar-refractivity contribution in [1.29, 1.82) is 0 Å². The molecule has 0 unspecified atom stereocenters. The highest BCUT2D eigenvalue weighted by Crippen LogP contribution is 2.37. The Labute approximate surface area is 118 Å². The van der Waals surface area contributed by atoms with Crippen molar-refractivity contribution in [2.24, 2.45) is 5.73 Å². The Bertz CT molecular complexity index is 413. The maximum Gasteiger partial charge on any atom is 0.327 e. The van der Waals surface area contributed by atoms with Gasteiger partial charge in [0.2, 0.25) is 0 Å². The minimum absolute atomic E-state index is 0. The van der Waals surface area contributed by atoms with Gasteiger partial charge in [-0.25, -0.2) is 4.79 Å². The lowest BCUT2D eigenvalue weighted by Crippen LogP contribution is -2.23. The fourth-order valence-corrected chi connectivity index (χ4v) is 1.58. The first-order valence-corrected chi connectivity index (χ1v) is 5.22. The molecule has 0 spiro atoms. The lowest BCUT2D eigenvalue weighted by molar-refractivity contribution is -0.142. The number of hydrogen-bond donors (Lipinski definition) is 1. The van der Waals surface area contributed by atoms with E-state index in [1.165, 1.54) is 28.4 Å². The predicted molar refractivity (Wildman–Crippen MR) is 72.3 cm³/mol. The van der Waals surface area contributed by atoms with Gasteiger partial charge in [-0.15, -0.1) is 12.4 Å². The van der Waals surface area contributed by atoms with Crippen molar-refractivity contribution in [3.63, 3.8) is 0 Å². The van der Waals surface area contributed by atoms with Gasteiger partial charge in [-0.1, -0.05) is 0 Å². The van der Waals surface area contributed by atoms with Crippen LogP contribution in [0.1, 0.15) is 11.6 Å². The first kappa shape index (κ1) is 17.3. The van der Waals surface area contributed by atoms with Gasteiger partial charge in [-0.05, 0) is 0 Å². The van der Waals surface area contributed by atoms with E-state index in [2.05, 4.69) is 4.74 Å². The molecule has 19 heavy (non-hydrogen) atoms. The average Bonchev–Trinajstić information content (AvgIpc) is 2.43. The molecule has 0 aliphatic carbocycles. The topological polar surface area (TPSA) is 80.0 Å². The highest BCUT2D eigenvalue weighted by atomic mass is 35.5. The van der Waals surface area contributed by atoms with Crippen molar-refractivity contribution < 1.29 is 23.7 Å². The molecule has 0 heterocycles. The largest absolute Gasteiger partial charge is 0.496 e. The zero-order valence-electron chi connectivity index (χ0n) is 11.3. The van der Waals surface area contributed by atoms with Crippen LogP contribution < -0.4 is 19.9 Å². The van der Waals surface area contributed by atoms with Crippen LogP contribution in [0, 0.1) is 0 Å². The van der Waals surface area contributed by atoms with E-state index < -0.39 is 12.0 Å².